The molecule has 5 rings (SSSR count). The standard InChI is InChI=1S/C27H29NO7/c1-31-24-11-17-9-10-28(14-18(17)12-25(24)32-2)26(29)15-34-27(30)16-33-19-7-8-23-21(13-19)20-5-3-4-6-22(20)35-23/h7-8,11-13H,3-6,9-10,14-16H2,1-2H3. The Morgan fingerprint density at radius 1 is 0.943 bits per heavy atom. The van der Waals surface area contributed by atoms with Crippen molar-refractivity contribution in [3.05, 3.63) is 52.8 Å². The summed E-state index contributed by atoms with van der Waals surface area (Å²) in [5.74, 6) is 2.10. The maximum atomic E-state index is 12.7. The van der Waals surface area contributed by atoms with E-state index in [1.807, 2.05) is 24.3 Å². The predicted octanol–water partition coefficient (Wildman–Crippen LogP) is 3.84. The van der Waals surface area contributed by atoms with Gasteiger partial charge in [-0.2, -0.15) is 0 Å². The summed E-state index contributed by atoms with van der Waals surface area (Å²) < 4.78 is 27.5. The molecule has 0 saturated carbocycles. The number of methoxy groups -OCH3 is 2. The molecule has 0 unspecified atom stereocenters. The first-order chi connectivity index (χ1) is 17.1. The topological polar surface area (TPSA) is 87.4 Å². The molecule has 0 spiro atoms. The number of carbonyl (C=O) groups excluding carboxylic acids is 2. The van der Waals surface area contributed by atoms with Crippen molar-refractivity contribution < 1.29 is 33.0 Å². The fraction of sp³-hybridized carbons (Fsp3) is 0.407. The number of carbonyl (C=O) groups is 2. The largest absolute Gasteiger partial charge is 0.493 e. The molecule has 1 aliphatic carbocycles. The summed E-state index contributed by atoms with van der Waals surface area (Å²) >= 11 is 0. The van der Waals surface area contributed by atoms with Crippen LogP contribution in [-0.4, -0.2) is 50.8 Å². The average molecular weight is 480 g/mol. The second-order valence-electron chi connectivity index (χ2n) is 8.86. The van der Waals surface area contributed by atoms with Gasteiger partial charge < -0.3 is 28.3 Å². The molecule has 2 heterocycles. The number of hydrogen-bond donors (Lipinski definition) is 0. The lowest BCUT2D eigenvalue weighted by Crippen LogP contribution is -2.39. The molecule has 3 aromatic rings. The van der Waals surface area contributed by atoms with E-state index in [0.29, 0.717) is 36.8 Å². The van der Waals surface area contributed by atoms with Gasteiger partial charge in [0.15, 0.2) is 24.7 Å². The fourth-order valence-corrected chi connectivity index (χ4v) is 4.85. The van der Waals surface area contributed by atoms with Crippen molar-refractivity contribution in [2.45, 2.75) is 38.6 Å². The summed E-state index contributed by atoms with van der Waals surface area (Å²) in [4.78, 5) is 26.6. The number of rotatable bonds is 7. The maximum absolute atomic E-state index is 12.7. The van der Waals surface area contributed by atoms with Crippen molar-refractivity contribution in [2.75, 3.05) is 34.0 Å². The molecule has 1 amide bonds. The summed E-state index contributed by atoms with van der Waals surface area (Å²) in [5, 5.41) is 1.04. The Hall–Kier alpha value is -3.68. The molecule has 0 radical (unpaired) electrons. The summed E-state index contributed by atoms with van der Waals surface area (Å²) in [5.41, 5.74) is 4.20. The smallest absolute Gasteiger partial charge is 0.344 e. The summed E-state index contributed by atoms with van der Waals surface area (Å²) in [6, 6.07) is 9.40. The van der Waals surface area contributed by atoms with Gasteiger partial charge in [-0.3, -0.25) is 4.79 Å². The lowest BCUT2D eigenvalue weighted by molar-refractivity contribution is -0.154. The highest BCUT2D eigenvalue weighted by Crippen LogP contribution is 2.34. The fourth-order valence-electron chi connectivity index (χ4n) is 4.85. The van der Waals surface area contributed by atoms with Crippen LogP contribution in [0.4, 0.5) is 0 Å². The Labute approximate surface area is 203 Å². The van der Waals surface area contributed by atoms with Gasteiger partial charge >= 0.3 is 5.97 Å². The normalized spacial score (nSPS) is 14.7. The third kappa shape index (κ3) is 4.78. The van der Waals surface area contributed by atoms with E-state index in [4.69, 9.17) is 23.4 Å². The van der Waals surface area contributed by atoms with Gasteiger partial charge in [0.2, 0.25) is 0 Å². The molecule has 8 nitrogen and oxygen atoms in total. The molecule has 0 fully saturated rings. The minimum Gasteiger partial charge on any atom is -0.493 e. The molecule has 0 saturated heterocycles. The van der Waals surface area contributed by atoms with Crippen molar-refractivity contribution in [1.82, 2.24) is 4.90 Å². The molecular formula is C27H29NO7. The highest BCUT2D eigenvalue weighted by atomic mass is 16.6. The number of aryl methyl sites for hydroxylation is 2. The van der Waals surface area contributed by atoms with Crippen molar-refractivity contribution in [3.63, 3.8) is 0 Å². The summed E-state index contributed by atoms with van der Waals surface area (Å²) in [6.45, 7) is 0.389. The van der Waals surface area contributed by atoms with Gasteiger partial charge in [-0.15, -0.1) is 0 Å². The van der Waals surface area contributed by atoms with Crippen LogP contribution in [0.3, 0.4) is 0 Å². The quantitative estimate of drug-likeness (QED) is 0.476. The zero-order chi connectivity index (χ0) is 24.4. The van der Waals surface area contributed by atoms with Crippen LogP contribution in [0.15, 0.2) is 34.7 Å². The maximum Gasteiger partial charge on any atom is 0.344 e. The minimum atomic E-state index is -0.587. The van der Waals surface area contributed by atoms with E-state index >= 15 is 0 Å². The van der Waals surface area contributed by atoms with Crippen LogP contribution in [0.5, 0.6) is 17.2 Å². The van der Waals surface area contributed by atoms with E-state index in [9.17, 15) is 9.59 Å². The zero-order valence-corrected chi connectivity index (χ0v) is 20.1. The van der Waals surface area contributed by atoms with E-state index in [2.05, 4.69) is 0 Å². The Kier molecular flexibility index (Phi) is 6.53. The van der Waals surface area contributed by atoms with Crippen LogP contribution in [-0.2, 0) is 40.1 Å². The Bertz CT molecular complexity index is 1260. The molecule has 1 aromatic heterocycles. The number of amides is 1. The van der Waals surface area contributed by atoms with Crippen molar-refractivity contribution in [2.24, 2.45) is 0 Å². The van der Waals surface area contributed by atoms with E-state index in [-0.39, 0.29) is 19.1 Å². The number of benzene rings is 2. The molecule has 2 aliphatic rings. The third-order valence-corrected chi connectivity index (χ3v) is 6.71. The van der Waals surface area contributed by atoms with Gasteiger partial charge in [-0.25, -0.2) is 4.79 Å². The van der Waals surface area contributed by atoms with E-state index < -0.39 is 5.97 Å². The summed E-state index contributed by atoms with van der Waals surface area (Å²) in [7, 11) is 3.18. The van der Waals surface area contributed by atoms with Gasteiger partial charge in [0.05, 0.1) is 14.2 Å². The summed E-state index contributed by atoms with van der Waals surface area (Å²) in [6.07, 6.45) is 4.95. The Morgan fingerprint density at radius 2 is 1.71 bits per heavy atom. The van der Waals surface area contributed by atoms with Gasteiger partial charge in [0.1, 0.15) is 17.1 Å². The molecule has 2 aromatic carbocycles. The first kappa shape index (κ1) is 23.1. The van der Waals surface area contributed by atoms with Crippen molar-refractivity contribution >= 4 is 22.8 Å². The minimum absolute atomic E-state index is 0.245. The number of hydrogen-bond acceptors (Lipinski definition) is 7. The monoisotopic (exact) mass is 479 g/mol. The van der Waals surface area contributed by atoms with E-state index in [1.165, 1.54) is 5.56 Å². The highest BCUT2D eigenvalue weighted by molar-refractivity contribution is 5.84. The van der Waals surface area contributed by atoms with Gasteiger partial charge in [-0.05, 0) is 67.1 Å². The lowest BCUT2D eigenvalue weighted by atomic mass is 9.96. The van der Waals surface area contributed by atoms with Crippen LogP contribution in [0.25, 0.3) is 11.0 Å². The second-order valence-corrected chi connectivity index (χ2v) is 8.86. The lowest BCUT2D eigenvalue weighted by Gasteiger charge is -2.29. The number of nitrogens with zero attached hydrogens (tertiary/aromatic N) is 1. The number of furan rings is 1. The van der Waals surface area contributed by atoms with Gasteiger partial charge in [0, 0.05) is 30.5 Å². The van der Waals surface area contributed by atoms with Crippen molar-refractivity contribution in [3.8, 4) is 17.2 Å². The molecule has 0 atom stereocenters. The third-order valence-electron chi connectivity index (χ3n) is 6.71. The van der Waals surface area contributed by atoms with E-state index in [1.54, 1.807) is 25.2 Å². The molecule has 1 aliphatic heterocycles. The first-order valence-electron chi connectivity index (χ1n) is 11.9. The zero-order valence-electron chi connectivity index (χ0n) is 20.1. The molecule has 35 heavy (non-hydrogen) atoms. The highest BCUT2D eigenvalue weighted by Gasteiger charge is 2.24. The molecule has 0 N–H and O–H groups in total. The number of esters is 1. The van der Waals surface area contributed by atoms with Gasteiger partial charge in [-0.1, -0.05) is 0 Å². The Balaban J connectivity index is 1.14. The van der Waals surface area contributed by atoms with Crippen LogP contribution >= 0.6 is 0 Å². The molecular weight excluding hydrogens is 450 g/mol. The van der Waals surface area contributed by atoms with Crippen LogP contribution in [0.1, 0.15) is 35.3 Å². The first-order valence-corrected chi connectivity index (χ1v) is 11.9. The molecule has 8 heteroatoms. The van der Waals surface area contributed by atoms with Gasteiger partial charge in [0.25, 0.3) is 5.91 Å². The SMILES string of the molecule is COc1cc2c(cc1OC)CN(C(=O)COC(=O)COc1ccc3oc4c(c3c1)CCCC4)CC2. The van der Waals surface area contributed by atoms with Crippen LogP contribution in [0.2, 0.25) is 0 Å². The second kappa shape index (κ2) is 9.90. The van der Waals surface area contributed by atoms with Crippen LogP contribution in [0, 0.1) is 0 Å². The molecule has 0 bridgehead atoms. The Morgan fingerprint density at radius 3 is 2.51 bits per heavy atom. The van der Waals surface area contributed by atoms with Crippen molar-refractivity contribution in [1.29, 1.82) is 0 Å². The van der Waals surface area contributed by atoms with E-state index in [0.717, 1.165) is 53.5 Å². The number of fused-ring (bicyclic) bond motifs is 4. The molecule has 184 valence electrons. The average Bonchev–Trinajstić information content (AvgIpc) is 3.27. The van der Waals surface area contributed by atoms with Crippen LogP contribution < -0.4 is 14.2 Å². The number of ether oxygens (including phenoxy) is 4. The predicted molar refractivity (Wildman–Crippen MR) is 128 cm³/mol.